The largest absolute Gasteiger partial charge is 0.465 e. The van der Waals surface area contributed by atoms with Crippen molar-refractivity contribution in [1.29, 1.82) is 0 Å². The number of hydrogen-bond donors (Lipinski definition) is 0. The molecule has 0 aliphatic carbocycles. The number of ether oxygens (including phenoxy) is 2. The Labute approximate surface area is 97.1 Å². The van der Waals surface area contributed by atoms with E-state index in [9.17, 15) is 9.59 Å². The van der Waals surface area contributed by atoms with Crippen LogP contribution < -0.4 is 0 Å². The van der Waals surface area contributed by atoms with Crippen molar-refractivity contribution >= 4 is 23.7 Å². The second-order valence-electron chi connectivity index (χ2n) is 2.73. The summed E-state index contributed by atoms with van der Waals surface area (Å²) in [5, 5.41) is 0.632. The van der Waals surface area contributed by atoms with Crippen LogP contribution in [0.3, 0.4) is 0 Å². The minimum Gasteiger partial charge on any atom is -0.465 e. The molecule has 5 nitrogen and oxygen atoms in total. The molecule has 1 aromatic heterocycles. The Morgan fingerprint density at radius 3 is 2.31 bits per heavy atom. The lowest BCUT2D eigenvalue weighted by molar-refractivity contribution is 0.0549. The Bertz CT molecular complexity index is 419. The Morgan fingerprint density at radius 2 is 1.81 bits per heavy atom. The van der Waals surface area contributed by atoms with Gasteiger partial charge in [-0.25, -0.2) is 14.6 Å². The van der Waals surface area contributed by atoms with Crippen LogP contribution in [-0.2, 0) is 9.47 Å². The van der Waals surface area contributed by atoms with Crippen molar-refractivity contribution in [1.82, 2.24) is 4.98 Å². The van der Waals surface area contributed by atoms with E-state index in [2.05, 4.69) is 14.5 Å². The molecule has 0 N–H and O–H groups in total. The summed E-state index contributed by atoms with van der Waals surface area (Å²) in [7, 11) is 2.47. The molecule has 1 heterocycles. The lowest BCUT2D eigenvalue weighted by Gasteiger charge is -2.06. The second-order valence-corrected chi connectivity index (χ2v) is 3.56. The molecule has 0 bridgehead atoms. The Balaban J connectivity index is 3.26. The zero-order valence-electron chi connectivity index (χ0n) is 9.14. The van der Waals surface area contributed by atoms with E-state index in [1.165, 1.54) is 32.0 Å². The number of pyridine rings is 1. The first-order chi connectivity index (χ1) is 7.63. The average Bonchev–Trinajstić information content (AvgIpc) is 2.36. The molecule has 6 heteroatoms. The zero-order valence-corrected chi connectivity index (χ0v) is 9.96. The van der Waals surface area contributed by atoms with Gasteiger partial charge < -0.3 is 9.47 Å². The van der Waals surface area contributed by atoms with Crippen LogP contribution in [0.1, 0.15) is 20.8 Å². The predicted octanol–water partition coefficient (Wildman–Crippen LogP) is 1.38. The first kappa shape index (κ1) is 12.5. The summed E-state index contributed by atoms with van der Waals surface area (Å²) in [5.74, 6) is -1.27. The summed E-state index contributed by atoms with van der Waals surface area (Å²) in [4.78, 5) is 26.8. The second kappa shape index (κ2) is 5.50. The summed E-state index contributed by atoms with van der Waals surface area (Å²) >= 11 is 1.37. The van der Waals surface area contributed by atoms with Gasteiger partial charge in [-0.3, -0.25) is 0 Å². The Kier molecular flexibility index (Phi) is 4.30. The molecule has 0 aliphatic heterocycles. The number of esters is 2. The van der Waals surface area contributed by atoms with Crippen LogP contribution in [0.2, 0.25) is 0 Å². The maximum atomic E-state index is 11.4. The van der Waals surface area contributed by atoms with Crippen molar-refractivity contribution < 1.29 is 19.1 Å². The van der Waals surface area contributed by atoms with Gasteiger partial charge in [0.1, 0.15) is 0 Å². The fourth-order valence-electron chi connectivity index (χ4n) is 1.08. The minimum absolute atomic E-state index is 0.0267. The van der Waals surface area contributed by atoms with Crippen LogP contribution in [0.4, 0.5) is 0 Å². The van der Waals surface area contributed by atoms with Crippen LogP contribution in [0.15, 0.2) is 17.2 Å². The van der Waals surface area contributed by atoms with Gasteiger partial charge in [0.25, 0.3) is 0 Å². The lowest BCUT2D eigenvalue weighted by atomic mass is 10.2. The van der Waals surface area contributed by atoms with E-state index < -0.39 is 11.9 Å². The fourth-order valence-corrected chi connectivity index (χ4v) is 1.47. The van der Waals surface area contributed by atoms with Crippen LogP contribution in [0, 0.1) is 0 Å². The van der Waals surface area contributed by atoms with Gasteiger partial charge in [-0.2, -0.15) is 0 Å². The number of nitrogens with zero attached hydrogens (tertiary/aromatic N) is 1. The van der Waals surface area contributed by atoms with Crippen LogP contribution >= 0.6 is 11.8 Å². The molecular formula is C10H11NO4S. The van der Waals surface area contributed by atoms with Crippen molar-refractivity contribution in [3.8, 4) is 0 Å². The molecule has 0 atom stereocenters. The molecule has 86 valence electrons. The first-order valence-electron chi connectivity index (χ1n) is 4.35. The summed E-state index contributed by atoms with van der Waals surface area (Å²) < 4.78 is 9.10. The molecule has 0 saturated heterocycles. The highest BCUT2D eigenvalue weighted by atomic mass is 32.2. The molecule has 1 rings (SSSR count). The molecule has 0 saturated carbocycles. The minimum atomic E-state index is -0.656. The van der Waals surface area contributed by atoms with Crippen LogP contribution in [-0.4, -0.2) is 37.4 Å². The molecule has 0 fully saturated rings. The summed E-state index contributed by atoms with van der Waals surface area (Å²) in [6.07, 6.45) is 1.82. The number of methoxy groups -OCH3 is 2. The van der Waals surface area contributed by atoms with E-state index in [0.29, 0.717) is 5.03 Å². The van der Waals surface area contributed by atoms with Gasteiger partial charge in [0, 0.05) is 0 Å². The van der Waals surface area contributed by atoms with Gasteiger partial charge in [0.15, 0.2) is 5.69 Å². The van der Waals surface area contributed by atoms with Gasteiger partial charge in [-0.05, 0) is 18.4 Å². The molecule has 16 heavy (non-hydrogen) atoms. The first-order valence-corrected chi connectivity index (χ1v) is 5.58. The molecule has 0 unspecified atom stereocenters. The third kappa shape index (κ3) is 2.52. The molecule has 0 amide bonds. The summed E-state index contributed by atoms with van der Waals surface area (Å²) in [6.45, 7) is 0. The molecular weight excluding hydrogens is 230 g/mol. The highest BCUT2D eigenvalue weighted by Crippen LogP contribution is 2.16. The highest BCUT2D eigenvalue weighted by molar-refractivity contribution is 7.98. The number of rotatable bonds is 3. The number of carbonyl (C=O) groups is 2. The number of carbonyl (C=O) groups excluding carboxylic acids is 2. The van der Waals surface area contributed by atoms with E-state index in [4.69, 9.17) is 0 Å². The van der Waals surface area contributed by atoms with Gasteiger partial charge in [-0.1, -0.05) is 0 Å². The van der Waals surface area contributed by atoms with Crippen molar-refractivity contribution in [2.45, 2.75) is 5.03 Å². The predicted molar refractivity (Wildman–Crippen MR) is 58.7 cm³/mol. The van der Waals surface area contributed by atoms with Gasteiger partial charge in [0.05, 0.1) is 24.8 Å². The van der Waals surface area contributed by atoms with Crippen molar-refractivity contribution in [3.63, 3.8) is 0 Å². The van der Waals surface area contributed by atoms with E-state index in [-0.39, 0.29) is 11.3 Å². The number of aromatic nitrogens is 1. The quantitative estimate of drug-likeness (QED) is 0.588. The fraction of sp³-hybridized carbons (Fsp3) is 0.300. The summed E-state index contributed by atoms with van der Waals surface area (Å²) in [5.41, 5.74) is 0.0772. The lowest BCUT2D eigenvalue weighted by Crippen LogP contribution is -2.14. The van der Waals surface area contributed by atoms with E-state index in [1.807, 2.05) is 6.26 Å². The number of thioether (sulfide) groups is 1. The average molecular weight is 241 g/mol. The topological polar surface area (TPSA) is 65.5 Å². The molecule has 1 aromatic rings. The Morgan fingerprint density at radius 1 is 1.19 bits per heavy atom. The summed E-state index contributed by atoms with van der Waals surface area (Å²) in [6, 6.07) is 3.14. The normalized spacial score (nSPS) is 9.69. The highest BCUT2D eigenvalue weighted by Gasteiger charge is 2.20. The van der Waals surface area contributed by atoms with Crippen molar-refractivity contribution in [2.75, 3.05) is 20.5 Å². The standard InChI is InChI=1S/C10H11NO4S/c1-14-9(12)6-4-5-7(16-3)11-8(6)10(13)15-2/h4-5H,1-3H3. The molecule has 0 radical (unpaired) electrons. The van der Waals surface area contributed by atoms with E-state index in [0.717, 1.165) is 0 Å². The molecule has 0 spiro atoms. The third-order valence-corrected chi connectivity index (χ3v) is 2.51. The Hall–Kier alpha value is -1.56. The maximum Gasteiger partial charge on any atom is 0.357 e. The van der Waals surface area contributed by atoms with Gasteiger partial charge in [-0.15, -0.1) is 11.8 Å². The van der Waals surface area contributed by atoms with Crippen molar-refractivity contribution in [3.05, 3.63) is 23.4 Å². The monoisotopic (exact) mass is 241 g/mol. The van der Waals surface area contributed by atoms with Crippen LogP contribution in [0.5, 0.6) is 0 Å². The maximum absolute atomic E-state index is 11.4. The molecule has 0 aliphatic rings. The smallest absolute Gasteiger partial charge is 0.357 e. The third-order valence-electron chi connectivity index (χ3n) is 1.86. The van der Waals surface area contributed by atoms with Crippen LogP contribution in [0.25, 0.3) is 0 Å². The molecule has 0 aromatic carbocycles. The van der Waals surface area contributed by atoms with Gasteiger partial charge >= 0.3 is 11.9 Å². The van der Waals surface area contributed by atoms with E-state index in [1.54, 1.807) is 6.07 Å². The SMILES string of the molecule is COC(=O)c1ccc(SC)nc1C(=O)OC. The van der Waals surface area contributed by atoms with Gasteiger partial charge in [0.2, 0.25) is 0 Å². The number of hydrogen-bond acceptors (Lipinski definition) is 6. The van der Waals surface area contributed by atoms with Crippen molar-refractivity contribution in [2.24, 2.45) is 0 Å². The zero-order chi connectivity index (χ0) is 12.1. The van der Waals surface area contributed by atoms with E-state index >= 15 is 0 Å².